The topological polar surface area (TPSA) is 42.9 Å². The molecule has 126 valence electrons. The summed E-state index contributed by atoms with van der Waals surface area (Å²) < 4.78 is 0. The molecule has 0 amide bonds. The van der Waals surface area contributed by atoms with Crippen molar-refractivity contribution in [1.82, 2.24) is 9.97 Å². The highest BCUT2D eigenvalue weighted by molar-refractivity contribution is 5.74. The Bertz CT molecular complexity index is 776. The first-order chi connectivity index (χ1) is 12.2. The van der Waals surface area contributed by atoms with Gasteiger partial charge in [0.05, 0.1) is 11.4 Å². The molecule has 3 heteroatoms. The van der Waals surface area contributed by atoms with Crippen molar-refractivity contribution < 1.29 is 4.79 Å². The molecular weight excluding hydrogens is 308 g/mol. The molecule has 0 spiro atoms. The lowest BCUT2D eigenvalue weighted by molar-refractivity contribution is 0.112. The zero-order chi connectivity index (χ0) is 18.3. The number of carbonyl (C=O) groups excluding carboxylic acids is 1. The molecule has 0 aliphatic heterocycles. The van der Waals surface area contributed by atoms with Gasteiger partial charge in [0.15, 0.2) is 6.29 Å². The van der Waals surface area contributed by atoms with Gasteiger partial charge in [-0.3, -0.25) is 14.8 Å². The number of pyridine rings is 2. The van der Waals surface area contributed by atoms with E-state index < -0.39 is 0 Å². The first-order valence-corrected chi connectivity index (χ1v) is 7.91. The van der Waals surface area contributed by atoms with Crippen LogP contribution in [0.1, 0.15) is 30.6 Å². The molecule has 0 fully saturated rings. The minimum Gasteiger partial charge on any atom is -0.298 e. The summed E-state index contributed by atoms with van der Waals surface area (Å²) in [5.41, 5.74) is 3.36. The highest BCUT2D eigenvalue weighted by atomic mass is 16.1. The molecule has 2 heterocycles. The van der Waals surface area contributed by atoms with Crippen LogP contribution in [0.2, 0.25) is 0 Å². The van der Waals surface area contributed by atoms with Gasteiger partial charge in [-0.2, -0.15) is 0 Å². The van der Waals surface area contributed by atoms with Gasteiger partial charge in [0.1, 0.15) is 0 Å². The van der Waals surface area contributed by atoms with Crippen LogP contribution in [-0.2, 0) is 0 Å². The van der Waals surface area contributed by atoms with Gasteiger partial charge in [-0.1, -0.05) is 42.9 Å². The Morgan fingerprint density at radius 1 is 1.20 bits per heavy atom. The highest BCUT2D eigenvalue weighted by Gasteiger charge is 1.98. The summed E-state index contributed by atoms with van der Waals surface area (Å²) in [6, 6.07) is 9.14. The lowest BCUT2D eigenvalue weighted by Gasteiger charge is -1.98. The van der Waals surface area contributed by atoms with Crippen LogP contribution in [0.4, 0.5) is 0 Å². The Morgan fingerprint density at radius 3 is 2.52 bits per heavy atom. The van der Waals surface area contributed by atoms with E-state index in [9.17, 15) is 4.79 Å². The summed E-state index contributed by atoms with van der Waals surface area (Å²) in [7, 11) is 0. The van der Waals surface area contributed by atoms with Crippen LogP contribution in [0.15, 0.2) is 79.2 Å². The molecule has 0 saturated carbocycles. The van der Waals surface area contributed by atoms with Gasteiger partial charge in [-0.15, -0.1) is 5.92 Å². The van der Waals surface area contributed by atoms with Gasteiger partial charge in [-0.05, 0) is 43.7 Å². The van der Waals surface area contributed by atoms with Crippen LogP contribution in [-0.4, -0.2) is 16.3 Å². The summed E-state index contributed by atoms with van der Waals surface area (Å²) in [5, 5.41) is 0. The van der Waals surface area contributed by atoms with Gasteiger partial charge in [-0.25, -0.2) is 0 Å². The molecule has 0 atom stereocenters. The predicted octanol–water partition coefficient (Wildman–Crippen LogP) is 5.04. The Morgan fingerprint density at radius 2 is 2.00 bits per heavy atom. The van der Waals surface area contributed by atoms with Gasteiger partial charge in [0.25, 0.3) is 0 Å². The molecular formula is C22H22N2O. The number of carbonyl (C=O) groups is 1. The molecule has 2 aromatic rings. The van der Waals surface area contributed by atoms with E-state index in [1.165, 1.54) is 11.8 Å². The number of hydrogen-bond acceptors (Lipinski definition) is 3. The second-order valence-corrected chi connectivity index (χ2v) is 4.89. The van der Waals surface area contributed by atoms with E-state index in [4.69, 9.17) is 0 Å². The third-order valence-corrected chi connectivity index (χ3v) is 3.03. The fourth-order valence-corrected chi connectivity index (χ4v) is 1.87. The third-order valence-electron chi connectivity index (χ3n) is 3.03. The summed E-state index contributed by atoms with van der Waals surface area (Å²) >= 11 is 0. The fourth-order valence-electron chi connectivity index (χ4n) is 1.87. The first kappa shape index (κ1) is 19.8. The Balaban J connectivity index is 0.000000260. The standard InChI is InChI=1S/C11H8N2O.C11H14/c14-8-9-4-5-11(13-7-9)10-3-1-2-6-12-10;1-4-7-10-11(8-5-2)9-6-3/h1-8H;5-6,8-9H,2,10H2,1,3H3/b;9-6-,11-8+. The maximum atomic E-state index is 10.4. The Hall–Kier alpha value is -3.25. The van der Waals surface area contributed by atoms with Crippen molar-refractivity contribution in [1.29, 1.82) is 0 Å². The molecule has 0 aromatic carbocycles. The zero-order valence-corrected chi connectivity index (χ0v) is 14.6. The summed E-state index contributed by atoms with van der Waals surface area (Å²) in [4.78, 5) is 18.7. The highest BCUT2D eigenvalue weighted by Crippen LogP contribution is 2.12. The minimum atomic E-state index is 0.574. The van der Waals surface area contributed by atoms with Crippen LogP contribution in [0.3, 0.4) is 0 Å². The predicted molar refractivity (Wildman–Crippen MR) is 104 cm³/mol. The van der Waals surface area contributed by atoms with Crippen LogP contribution in [0.5, 0.6) is 0 Å². The molecule has 0 radical (unpaired) electrons. The van der Waals surface area contributed by atoms with Gasteiger partial charge in [0, 0.05) is 24.4 Å². The average Bonchev–Trinajstić information content (AvgIpc) is 2.68. The summed E-state index contributed by atoms with van der Waals surface area (Å²) in [6.07, 6.45) is 12.7. The molecule has 25 heavy (non-hydrogen) atoms. The lowest BCUT2D eigenvalue weighted by atomic mass is 10.1. The number of aromatic nitrogens is 2. The Labute approximate surface area is 149 Å². The van der Waals surface area contributed by atoms with Gasteiger partial charge in [0.2, 0.25) is 0 Å². The Kier molecular flexibility index (Phi) is 9.67. The van der Waals surface area contributed by atoms with E-state index in [2.05, 4.69) is 28.4 Å². The van der Waals surface area contributed by atoms with E-state index in [1.807, 2.05) is 50.3 Å². The molecule has 0 unspecified atom stereocenters. The van der Waals surface area contributed by atoms with Crippen molar-refractivity contribution in [2.24, 2.45) is 0 Å². The maximum Gasteiger partial charge on any atom is 0.151 e. The molecule has 3 nitrogen and oxygen atoms in total. The number of rotatable bonds is 5. The van der Waals surface area contributed by atoms with Crippen LogP contribution in [0, 0.1) is 11.8 Å². The maximum absolute atomic E-state index is 10.4. The minimum absolute atomic E-state index is 0.574. The van der Waals surface area contributed by atoms with Crippen molar-refractivity contribution in [3.63, 3.8) is 0 Å². The number of nitrogens with zero attached hydrogens (tertiary/aromatic N) is 2. The molecule has 0 bridgehead atoms. The summed E-state index contributed by atoms with van der Waals surface area (Å²) in [6.45, 7) is 7.48. The van der Waals surface area contributed by atoms with Crippen molar-refractivity contribution in [2.45, 2.75) is 20.3 Å². The number of aldehydes is 1. The molecule has 0 aliphatic carbocycles. The van der Waals surface area contributed by atoms with Crippen molar-refractivity contribution in [2.75, 3.05) is 0 Å². The van der Waals surface area contributed by atoms with Crippen molar-refractivity contribution >= 4 is 6.29 Å². The second kappa shape index (κ2) is 12.2. The molecule has 2 rings (SSSR count). The quantitative estimate of drug-likeness (QED) is 0.438. The lowest BCUT2D eigenvalue weighted by Crippen LogP contribution is -1.88. The van der Waals surface area contributed by atoms with Crippen LogP contribution < -0.4 is 0 Å². The van der Waals surface area contributed by atoms with Crippen LogP contribution >= 0.6 is 0 Å². The van der Waals surface area contributed by atoms with Crippen LogP contribution in [0.25, 0.3) is 11.4 Å². The van der Waals surface area contributed by atoms with E-state index in [1.54, 1.807) is 24.4 Å². The van der Waals surface area contributed by atoms with E-state index in [0.29, 0.717) is 5.56 Å². The molecule has 0 N–H and O–H groups in total. The van der Waals surface area contributed by atoms with Gasteiger partial charge >= 0.3 is 0 Å². The van der Waals surface area contributed by atoms with Crippen molar-refractivity contribution in [3.05, 3.63) is 84.7 Å². The normalized spacial score (nSPS) is 10.2. The summed E-state index contributed by atoms with van der Waals surface area (Å²) in [5.74, 6) is 5.86. The smallest absolute Gasteiger partial charge is 0.151 e. The molecule has 0 aliphatic rings. The third kappa shape index (κ3) is 7.71. The fraction of sp³-hybridized carbons (Fsp3) is 0.136. The van der Waals surface area contributed by atoms with Gasteiger partial charge < -0.3 is 0 Å². The van der Waals surface area contributed by atoms with E-state index in [-0.39, 0.29) is 0 Å². The zero-order valence-electron chi connectivity index (χ0n) is 14.6. The van der Waals surface area contributed by atoms with E-state index >= 15 is 0 Å². The number of hydrogen-bond donors (Lipinski definition) is 0. The largest absolute Gasteiger partial charge is 0.298 e. The van der Waals surface area contributed by atoms with Crippen molar-refractivity contribution in [3.8, 4) is 23.2 Å². The van der Waals surface area contributed by atoms with E-state index in [0.717, 1.165) is 24.1 Å². The molecule has 2 aromatic heterocycles. The SMILES string of the molecule is C=C/C=C(\C=C/C)CC#CC.O=Cc1ccc(-c2ccccn2)nc1. The number of allylic oxidation sites excluding steroid dienone is 5. The first-order valence-electron chi connectivity index (χ1n) is 7.91. The monoisotopic (exact) mass is 330 g/mol. The second-order valence-electron chi connectivity index (χ2n) is 4.89. The average molecular weight is 330 g/mol. The molecule has 0 saturated heterocycles.